The van der Waals surface area contributed by atoms with Gasteiger partial charge in [-0.1, -0.05) is 54.6 Å². The highest BCUT2D eigenvalue weighted by Crippen LogP contribution is 2.17. The molecule has 0 radical (unpaired) electrons. The van der Waals surface area contributed by atoms with Crippen molar-refractivity contribution in [3.8, 4) is 5.75 Å². The number of nitrogens with zero attached hydrogens (tertiary/aromatic N) is 6. The number of aromatic nitrogens is 2. The van der Waals surface area contributed by atoms with Crippen molar-refractivity contribution in [3.63, 3.8) is 0 Å². The minimum Gasteiger partial charge on any atom is -0.497 e. The highest BCUT2D eigenvalue weighted by Gasteiger charge is 2.10. The Bertz CT molecular complexity index is 1190. The molecule has 0 unspecified atom stereocenters. The maximum atomic E-state index is 5.21. The molecule has 0 atom stereocenters. The standard InChI is InChI=1S/C17H23N3O.C16H21N3/c1-19(2)12-13-20(17-6-4-5-11-18-17)14-15-7-9-16(21-3)10-8-15;1-18(2)12-13-19(16-10-6-7-11-17-16)14-15-8-4-3-5-9-15/h4-11H,12-14H2,1-3H3;3-11H,12-14H2,1-2H3. The van der Waals surface area contributed by atoms with Crippen molar-refractivity contribution in [2.75, 3.05) is 71.3 Å². The van der Waals surface area contributed by atoms with Crippen molar-refractivity contribution < 1.29 is 4.74 Å². The molecule has 2 heterocycles. The zero-order chi connectivity index (χ0) is 28.6. The van der Waals surface area contributed by atoms with Crippen LogP contribution in [0.3, 0.4) is 0 Å². The van der Waals surface area contributed by atoms with Gasteiger partial charge in [-0.2, -0.15) is 0 Å². The second-order valence-electron chi connectivity index (χ2n) is 10.2. The van der Waals surface area contributed by atoms with Crippen molar-refractivity contribution in [3.05, 3.63) is 115 Å². The zero-order valence-corrected chi connectivity index (χ0v) is 24.6. The minimum atomic E-state index is 0.842. The Morgan fingerprint density at radius 2 is 0.975 bits per heavy atom. The summed E-state index contributed by atoms with van der Waals surface area (Å²) >= 11 is 0. The average molecular weight is 541 g/mol. The summed E-state index contributed by atoms with van der Waals surface area (Å²) < 4.78 is 5.21. The van der Waals surface area contributed by atoms with Gasteiger partial charge in [-0.25, -0.2) is 9.97 Å². The normalized spacial score (nSPS) is 10.7. The summed E-state index contributed by atoms with van der Waals surface area (Å²) in [6, 6.07) is 30.8. The van der Waals surface area contributed by atoms with Crippen LogP contribution in [-0.4, -0.2) is 81.2 Å². The SMILES string of the molecule is CN(C)CCN(Cc1ccccc1)c1ccccn1.COc1ccc(CN(CCN(C)C)c2ccccn2)cc1. The van der Waals surface area contributed by atoms with Gasteiger partial charge in [0.2, 0.25) is 0 Å². The maximum absolute atomic E-state index is 5.21. The van der Waals surface area contributed by atoms with E-state index in [1.807, 2.05) is 48.8 Å². The first-order valence-electron chi connectivity index (χ1n) is 13.7. The molecule has 2 aromatic heterocycles. The van der Waals surface area contributed by atoms with Crippen LogP contribution in [-0.2, 0) is 13.1 Å². The largest absolute Gasteiger partial charge is 0.497 e. The lowest BCUT2D eigenvalue weighted by molar-refractivity contribution is 0.411. The molecule has 0 aliphatic heterocycles. The third-order valence-corrected chi connectivity index (χ3v) is 6.33. The lowest BCUT2D eigenvalue weighted by Gasteiger charge is -2.25. The van der Waals surface area contributed by atoms with Crippen LogP contribution in [0.1, 0.15) is 11.1 Å². The van der Waals surface area contributed by atoms with E-state index >= 15 is 0 Å². The predicted octanol–water partition coefficient (Wildman–Crippen LogP) is 5.31. The molecule has 0 bridgehead atoms. The first kappa shape index (κ1) is 30.6. The van der Waals surface area contributed by atoms with E-state index in [0.717, 1.165) is 56.7 Å². The van der Waals surface area contributed by atoms with Crippen LogP contribution in [0.4, 0.5) is 11.6 Å². The summed E-state index contributed by atoms with van der Waals surface area (Å²) in [4.78, 5) is 17.9. The highest BCUT2D eigenvalue weighted by atomic mass is 16.5. The Morgan fingerprint density at radius 1 is 0.525 bits per heavy atom. The van der Waals surface area contributed by atoms with E-state index in [2.05, 4.69) is 112 Å². The van der Waals surface area contributed by atoms with Gasteiger partial charge in [-0.15, -0.1) is 0 Å². The number of hydrogen-bond acceptors (Lipinski definition) is 7. The molecular formula is C33H44N6O. The van der Waals surface area contributed by atoms with E-state index in [9.17, 15) is 0 Å². The van der Waals surface area contributed by atoms with E-state index in [-0.39, 0.29) is 0 Å². The molecule has 0 aliphatic rings. The molecule has 0 fully saturated rings. The molecule has 7 heteroatoms. The minimum absolute atomic E-state index is 0.842. The Hall–Kier alpha value is -3.94. The van der Waals surface area contributed by atoms with Crippen molar-refractivity contribution in [1.82, 2.24) is 19.8 Å². The molecule has 0 saturated heterocycles. The predicted molar refractivity (Wildman–Crippen MR) is 167 cm³/mol. The van der Waals surface area contributed by atoms with E-state index in [1.54, 1.807) is 7.11 Å². The molecule has 0 spiro atoms. The fourth-order valence-electron chi connectivity index (χ4n) is 4.03. The number of likely N-dealkylation sites (N-methyl/N-ethyl adjacent to an activating group) is 2. The Kier molecular flexibility index (Phi) is 12.9. The second-order valence-corrected chi connectivity index (χ2v) is 10.2. The zero-order valence-electron chi connectivity index (χ0n) is 24.6. The van der Waals surface area contributed by atoms with Crippen LogP contribution >= 0.6 is 0 Å². The van der Waals surface area contributed by atoms with Crippen LogP contribution in [0.25, 0.3) is 0 Å². The third kappa shape index (κ3) is 11.0. The molecule has 212 valence electrons. The van der Waals surface area contributed by atoms with Crippen LogP contribution in [0.5, 0.6) is 5.75 Å². The van der Waals surface area contributed by atoms with Gasteiger partial charge in [-0.05, 0) is 75.7 Å². The van der Waals surface area contributed by atoms with E-state index in [0.29, 0.717) is 0 Å². The monoisotopic (exact) mass is 540 g/mol. The average Bonchev–Trinajstić information content (AvgIpc) is 2.99. The maximum Gasteiger partial charge on any atom is 0.128 e. The summed E-state index contributed by atoms with van der Waals surface area (Å²) in [6.07, 6.45) is 3.69. The van der Waals surface area contributed by atoms with Crippen molar-refractivity contribution in [2.24, 2.45) is 0 Å². The van der Waals surface area contributed by atoms with Gasteiger partial charge in [0.05, 0.1) is 7.11 Å². The molecule has 0 saturated carbocycles. The molecule has 4 aromatic rings. The first-order chi connectivity index (χ1) is 19.4. The summed E-state index contributed by atoms with van der Waals surface area (Å²) in [5, 5.41) is 0. The molecule has 0 aliphatic carbocycles. The van der Waals surface area contributed by atoms with Crippen LogP contribution in [0, 0.1) is 0 Å². The van der Waals surface area contributed by atoms with Gasteiger partial charge in [-0.3, -0.25) is 0 Å². The summed E-state index contributed by atoms with van der Waals surface area (Å²) in [5.41, 5.74) is 2.56. The Morgan fingerprint density at radius 3 is 1.38 bits per heavy atom. The molecule has 40 heavy (non-hydrogen) atoms. The fraction of sp³-hybridized carbons (Fsp3) is 0.333. The van der Waals surface area contributed by atoms with Crippen LogP contribution < -0.4 is 14.5 Å². The Labute approximate surface area is 240 Å². The van der Waals surface area contributed by atoms with Crippen molar-refractivity contribution in [2.45, 2.75) is 13.1 Å². The molecule has 4 rings (SSSR count). The molecule has 0 N–H and O–H groups in total. The molecular weight excluding hydrogens is 496 g/mol. The fourth-order valence-corrected chi connectivity index (χ4v) is 4.03. The lowest BCUT2D eigenvalue weighted by Crippen LogP contribution is -2.31. The van der Waals surface area contributed by atoms with Gasteiger partial charge >= 0.3 is 0 Å². The van der Waals surface area contributed by atoms with E-state index in [4.69, 9.17) is 4.74 Å². The summed E-state index contributed by atoms with van der Waals surface area (Å²) in [7, 11) is 10.1. The van der Waals surface area contributed by atoms with Crippen LogP contribution in [0.15, 0.2) is 103 Å². The molecule has 7 nitrogen and oxygen atoms in total. The quantitative estimate of drug-likeness (QED) is 0.228. The van der Waals surface area contributed by atoms with Crippen LogP contribution in [0.2, 0.25) is 0 Å². The number of pyridine rings is 2. The van der Waals surface area contributed by atoms with Crippen molar-refractivity contribution >= 4 is 11.6 Å². The smallest absolute Gasteiger partial charge is 0.128 e. The molecule has 2 aromatic carbocycles. The van der Waals surface area contributed by atoms with Gasteiger partial charge in [0.1, 0.15) is 17.4 Å². The summed E-state index contributed by atoms with van der Waals surface area (Å²) in [5.74, 6) is 2.93. The van der Waals surface area contributed by atoms with Gasteiger partial charge < -0.3 is 24.3 Å². The second kappa shape index (κ2) is 16.9. The van der Waals surface area contributed by atoms with Gasteiger partial charge in [0.25, 0.3) is 0 Å². The lowest BCUT2D eigenvalue weighted by atomic mass is 10.2. The third-order valence-electron chi connectivity index (χ3n) is 6.33. The molecule has 0 amide bonds. The first-order valence-corrected chi connectivity index (χ1v) is 13.7. The van der Waals surface area contributed by atoms with Crippen molar-refractivity contribution in [1.29, 1.82) is 0 Å². The number of anilines is 2. The summed E-state index contributed by atoms with van der Waals surface area (Å²) in [6.45, 7) is 5.66. The van der Waals surface area contributed by atoms with E-state index < -0.39 is 0 Å². The number of hydrogen-bond donors (Lipinski definition) is 0. The number of benzene rings is 2. The number of rotatable bonds is 13. The van der Waals surface area contributed by atoms with E-state index in [1.165, 1.54) is 11.1 Å². The van der Waals surface area contributed by atoms with Gasteiger partial charge in [0, 0.05) is 51.7 Å². The van der Waals surface area contributed by atoms with Gasteiger partial charge in [0.15, 0.2) is 0 Å². The number of ether oxygens (including phenoxy) is 1. The highest BCUT2D eigenvalue weighted by molar-refractivity contribution is 5.40. The topological polar surface area (TPSA) is 48.0 Å². The number of methoxy groups -OCH3 is 1. The Balaban J connectivity index is 0.000000222.